The van der Waals surface area contributed by atoms with Crippen LogP contribution in [0.1, 0.15) is 26.3 Å². The topological polar surface area (TPSA) is 101 Å². The zero-order valence-corrected chi connectivity index (χ0v) is 12.9. The van der Waals surface area contributed by atoms with Gasteiger partial charge in [-0.15, -0.1) is 0 Å². The molecule has 1 aromatic rings. The summed E-state index contributed by atoms with van der Waals surface area (Å²) in [6, 6.07) is 3.63. The van der Waals surface area contributed by atoms with Crippen LogP contribution in [0.3, 0.4) is 0 Å². The van der Waals surface area contributed by atoms with Gasteiger partial charge in [-0.05, 0) is 51.5 Å². The Morgan fingerprint density at radius 2 is 1.80 bits per heavy atom. The average molecular weight is 299 g/mol. The van der Waals surface area contributed by atoms with Crippen molar-refractivity contribution in [2.75, 3.05) is 5.73 Å². The van der Waals surface area contributed by atoms with Gasteiger partial charge in [-0.2, -0.15) is 4.72 Å². The van der Waals surface area contributed by atoms with E-state index in [0.717, 1.165) is 5.56 Å². The SMILES string of the molecule is Cc1cc(N)cc(S(=O)(=O)NC(C)C(=O)NC(C)C)c1. The molecule has 0 aromatic heterocycles. The maximum absolute atomic E-state index is 12.2. The second-order valence-corrected chi connectivity index (χ2v) is 6.80. The Labute approximate surface area is 119 Å². The van der Waals surface area contributed by atoms with Crippen LogP contribution in [0, 0.1) is 6.92 Å². The van der Waals surface area contributed by atoms with Crippen LogP contribution < -0.4 is 15.8 Å². The number of anilines is 1. The quantitative estimate of drug-likeness (QED) is 0.699. The molecule has 1 aromatic carbocycles. The highest BCUT2D eigenvalue weighted by Crippen LogP contribution is 2.16. The number of nitrogen functional groups attached to an aromatic ring is 1. The van der Waals surface area contributed by atoms with E-state index in [0.29, 0.717) is 5.69 Å². The molecule has 0 fully saturated rings. The Balaban J connectivity index is 2.92. The summed E-state index contributed by atoms with van der Waals surface area (Å²) < 4.78 is 26.7. The highest BCUT2D eigenvalue weighted by Gasteiger charge is 2.22. The zero-order valence-electron chi connectivity index (χ0n) is 12.1. The molecule has 1 rings (SSSR count). The van der Waals surface area contributed by atoms with Crippen molar-refractivity contribution >= 4 is 21.6 Å². The van der Waals surface area contributed by atoms with Gasteiger partial charge in [-0.25, -0.2) is 8.42 Å². The number of carbonyl (C=O) groups is 1. The first kappa shape index (κ1) is 16.5. The molecule has 20 heavy (non-hydrogen) atoms. The Hall–Kier alpha value is -1.60. The third-order valence-electron chi connectivity index (χ3n) is 2.54. The summed E-state index contributed by atoms with van der Waals surface area (Å²) in [6.07, 6.45) is 0. The van der Waals surface area contributed by atoms with Gasteiger partial charge in [0.05, 0.1) is 10.9 Å². The van der Waals surface area contributed by atoms with Crippen molar-refractivity contribution in [1.82, 2.24) is 10.0 Å². The number of hydrogen-bond acceptors (Lipinski definition) is 4. The number of sulfonamides is 1. The number of carbonyl (C=O) groups excluding carboxylic acids is 1. The molecular weight excluding hydrogens is 278 g/mol. The summed E-state index contributed by atoms with van der Waals surface area (Å²) in [7, 11) is -3.78. The first-order valence-corrected chi connectivity index (χ1v) is 7.80. The summed E-state index contributed by atoms with van der Waals surface area (Å²) in [4.78, 5) is 11.8. The lowest BCUT2D eigenvalue weighted by atomic mass is 10.2. The molecule has 1 amide bonds. The largest absolute Gasteiger partial charge is 0.399 e. The zero-order chi connectivity index (χ0) is 15.5. The molecule has 0 saturated heterocycles. The maximum atomic E-state index is 12.2. The van der Waals surface area contributed by atoms with Gasteiger partial charge in [0.2, 0.25) is 15.9 Å². The van der Waals surface area contributed by atoms with Gasteiger partial charge in [0, 0.05) is 11.7 Å². The number of rotatable bonds is 5. The fraction of sp³-hybridized carbons (Fsp3) is 0.462. The van der Waals surface area contributed by atoms with Crippen molar-refractivity contribution < 1.29 is 13.2 Å². The minimum absolute atomic E-state index is 0.0518. The molecule has 0 radical (unpaired) electrons. The number of hydrogen-bond donors (Lipinski definition) is 3. The van der Waals surface area contributed by atoms with Crippen LogP contribution >= 0.6 is 0 Å². The summed E-state index contributed by atoms with van der Waals surface area (Å²) in [5.74, 6) is -0.371. The van der Waals surface area contributed by atoms with Gasteiger partial charge in [-0.1, -0.05) is 0 Å². The lowest BCUT2D eigenvalue weighted by Crippen LogP contribution is -2.46. The molecule has 1 unspecified atom stereocenters. The third kappa shape index (κ3) is 4.50. The van der Waals surface area contributed by atoms with Crippen LogP contribution in [0.25, 0.3) is 0 Å². The molecular formula is C13H21N3O3S. The minimum atomic E-state index is -3.78. The normalized spacial score (nSPS) is 13.2. The molecule has 0 saturated carbocycles. The van der Waals surface area contributed by atoms with Crippen molar-refractivity contribution in [3.63, 3.8) is 0 Å². The van der Waals surface area contributed by atoms with Crippen molar-refractivity contribution in [2.45, 2.75) is 44.7 Å². The van der Waals surface area contributed by atoms with Gasteiger partial charge in [0.25, 0.3) is 0 Å². The van der Waals surface area contributed by atoms with Crippen molar-refractivity contribution in [1.29, 1.82) is 0 Å². The van der Waals surface area contributed by atoms with E-state index >= 15 is 0 Å². The van der Waals surface area contributed by atoms with Gasteiger partial charge in [0.15, 0.2) is 0 Å². The van der Waals surface area contributed by atoms with Gasteiger partial charge >= 0.3 is 0 Å². The Morgan fingerprint density at radius 1 is 1.20 bits per heavy atom. The van der Waals surface area contributed by atoms with E-state index < -0.39 is 16.1 Å². The van der Waals surface area contributed by atoms with Crippen molar-refractivity contribution in [3.8, 4) is 0 Å². The molecule has 0 aliphatic carbocycles. The van der Waals surface area contributed by atoms with Crippen LogP contribution in [0.15, 0.2) is 23.1 Å². The second kappa shape index (κ2) is 6.23. The number of amides is 1. The predicted molar refractivity (Wildman–Crippen MR) is 78.7 cm³/mol. The molecule has 0 spiro atoms. The van der Waals surface area contributed by atoms with E-state index in [-0.39, 0.29) is 16.8 Å². The maximum Gasteiger partial charge on any atom is 0.241 e. The standard InChI is InChI=1S/C13H21N3O3S/c1-8(2)15-13(17)10(4)16-20(18,19)12-6-9(3)5-11(14)7-12/h5-8,10,16H,14H2,1-4H3,(H,15,17). The van der Waals surface area contributed by atoms with Gasteiger partial charge < -0.3 is 11.1 Å². The van der Waals surface area contributed by atoms with Crippen molar-refractivity contribution in [2.24, 2.45) is 0 Å². The van der Waals surface area contributed by atoms with Crippen LogP contribution in [0.2, 0.25) is 0 Å². The molecule has 6 nitrogen and oxygen atoms in total. The number of aryl methyl sites for hydroxylation is 1. The Bertz CT molecular complexity index is 577. The number of benzene rings is 1. The van der Waals surface area contributed by atoms with E-state index in [9.17, 15) is 13.2 Å². The fourth-order valence-electron chi connectivity index (χ4n) is 1.70. The molecule has 0 aliphatic rings. The van der Waals surface area contributed by atoms with Crippen LogP contribution in [-0.4, -0.2) is 26.4 Å². The summed E-state index contributed by atoms with van der Waals surface area (Å²) >= 11 is 0. The fourth-order valence-corrected chi connectivity index (χ4v) is 3.04. The summed E-state index contributed by atoms with van der Waals surface area (Å²) in [5, 5.41) is 2.65. The minimum Gasteiger partial charge on any atom is -0.399 e. The second-order valence-electron chi connectivity index (χ2n) is 5.09. The summed E-state index contributed by atoms with van der Waals surface area (Å²) in [5.41, 5.74) is 6.75. The molecule has 4 N–H and O–H groups in total. The van der Waals surface area contributed by atoms with E-state index in [2.05, 4.69) is 10.0 Å². The molecule has 112 valence electrons. The van der Waals surface area contributed by atoms with E-state index in [1.54, 1.807) is 26.8 Å². The lowest BCUT2D eigenvalue weighted by Gasteiger charge is -2.16. The average Bonchev–Trinajstić information content (AvgIpc) is 2.25. The van der Waals surface area contributed by atoms with Gasteiger partial charge in [-0.3, -0.25) is 4.79 Å². The molecule has 7 heteroatoms. The molecule has 1 atom stereocenters. The van der Waals surface area contributed by atoms with E-state index in [1.165, 1.54) is 19.1 Å². The van der Waals surface area contributed by atoms with Crippen LogP contribution in [-0.2, 0) is 14.8 Å². The van der Waals surface area contributed by atoms with Crippen LogP contribution in [0.5, 0.6) is 0 Å². The molecule has 0 bridgehead atoms. The number of nitrogens with two attached hydrogens (primary N) is 1. The Kier molecular flexibility index (Phi) is 5.13. The third-order valence-corrected chi connectivity index (χ3v) is 4.06. The monoisotopic (exact) mass is 299 g/mol. The van der Waals surface area contributed by atoms with E-state index in [1.807, 2.05) is 0 Å². The highest BCUT2D eigenvalue weighted by molar-refractivity contribution is 7.89. The van der Waals surface area contributed by atoms with Crippen molar-refractivity contribution in [3.05, 3.63) is 23.8 Å². The number of nitrogens with one attached hydrogen (secondary N) is 2. The van der Waals surface area contributed by atoms with Gasteiger partial charge in [0.1, 0.15) is 0 Å². The predicted octanol–water partition coefficient (Wildman–Crippen LogP) is 0.769. The smallest absolute Gasteiger partial charge is 0.241 e. The van der Waals surface area contributed by atoms with Crippen LogP contribution in [0.4, 0.5) is 5.69 Å². The van der Waals surface area contributed by atoms with E-state index in [4.69, 9.17) is 5.73 Å². The summed E-state index contributed by atoms with van der Waals surface area (Å²) in [6.45, 7) is 6.86. The first-order chi connectivity index (χ1) is 9.11. The molecule has 0 aliphatic heterocycles. The Morgan fingerprint density at radius 3 is 2.30 bits per heavy atom. The molecule has 0 heterocycles. The lowest BCUT2D eigenvalue weighted by molar-refractivity contribution is -0.122. The first-order valence-electron chi connectivity index (χ1n) is 6.31. The highest BCUT2D eigenvalue weighted by atomic mass is 32.2.